The number of hydrogen-bond donors (Lipinski definition) is 1. The van der Waals surface area contributed by atoms with Crippen LogP contribution in [-0.2, 0) is 14.4 Å². The fourth-order valence-electron chi connectivity index (χ4n) is 3.03. The van der Waals surface area contributed by atoms with E-state index in [4.69, 9.17) is 5.11 Å². The van der Waals surface area contributed by atoms with Gasteiger partial charge >= 0.3 is 5.97 Å². The van der Waals surface area contributed by atoms with Crippen LogP contribution >= 0.6 is 0 Å². The molecule has 0 spiro atoms. The van der Waals surface area contributed by atoms with E-state index in [0.717, 1.165) is 4.90 Å². The molecular formula is C17H18N4O6. The van der Waals surface area contributed by atoms with Crippen LogP contribution in [0.25, 0.3) is 0 Å². The number of carboxylic acids is 1. The molecule has 0 atom stereocenters. The van der Waals surface area contributed by atoms with E-state index in [1.165, 1.54) is 28.0 Å². The third kappa shape index (κ3) is 3.94. The lowest BCUT2D eigenvalue weighted by molar-refractivity contribution is -0.146. The molecule has 0 aliphatic carbocycles. The highest BCUT2D eigenvalue weighted by Crippen LogP contribution is 2.13. The highest BCUT2D eigenvalue weighted by molar-refractivity contribution is 6.04. The number of aromatic carboxylic acids is 1. The third-order valence-electron chi connectivity index (χ3n) is 4.56. The van der Waals surface area contributed by atoms with Crippen molar-refractivity contribution in [2.75, 3.05) is 32.7 Å². The van der Waals surface area contributed by atoms with Crippen molar-refractivity contribution in [2.45, 2.75) is 12.8 Å². The standard InChI is InChI=1S/C17H18N4O6/c22-13-4-5-14(23)21(13)10-15(24)19-6-8-20(9-7-19)16(25)11-2-1-3-12(18-11)17(26)27/h1-3H,4-10H2,(H,26,27). The maximum Gasteiger partial charge on any atom is 0.354 e. The minimum Gasteiger partial charge on any atom is -0.477 e. The molecule has 3 heterocycles. The summed E-state index contributed by atoms with van der Waals surface area (Å²) in [6.07, 6.45) is 0.271. The topological polar surface area (TPSA) is 128 Å². The van der Waals surface area contributed by atoms with Gasteiger partial charge in [0.1, 0.15) is 17.9 Å². The zero-order valence-electron chi connectivity index (χ0n) is 14.5. The van der Waals surface area contributed by atoms with Crippen molar-refractivity contribution in [1.82, 2.24) is 19.7 Å². The lowest BCUT2D eigenvalue weighted by Gasteiger charge is -2.35. The second-order valence-corrected chi connectivity index (χ2v) is 6.26. The first-order valence-corrected chi connectivity index (χ1v) is 8.47. The average molecular weight is 374 g/mol. The van der Waals surface area contributed by atoms with Crippen molar-refractivity contribution in [3.8, 4) is 0 Å². The monoisotopic (exact) mass is 374 g/mol. The zero-order valence-corrected chi connectivity index (χ0v) is 14.5. The second-order valence-electron chi connectivity index (χ2n) is 6.26. The van der Waals surface area contributed by atoms with Crippen LogP contribution in [0, 0.1) is 0 Å². The molecular weight excluding hydrogens is 356 g/mol. The van der Waals surface area contributed by atoms with E-state index in [2.05, 4.69) is 4.98 Å². The molecule has 2 fully saturated rings. The predicted octanol–water partition coefficient (Wildman–Crippen LogP) is -0.787. The number of carbonyl (C=O) groups is 5. The molecule has 10 heteroatoms. The normalized spacial score (nSPS) is 17.4. The molecule has 1 aromatic heterocycles. The van der Waals surface area contributed by atoms with Crippen LogP contribution in [0.4, 0.5) is 0 Å². The van der Waals surface area contributed by atoms with Gasteiger partial charge in [-0.15, -0.1) is 0 Å². The summed E-state index contributed by atoms with van der Waals surface area (Å²) in [4.78, 5) is 66.8. The van der Waals surface area contributed by atoms with Crippen LogP contribution < -0.4 is 0 Å². The lowest BCUT2D eigenvalue weighted by Crippen LogP contribution is -2.53. The summed E-state index contributed by atoms with van der Waals surface area (Å²) in [6, 6.07) is 4.20. The Hall–Kier alpha value is -3.30. The molecule has 4 amide bonds. The van der Waals surface area contributed by atoms with Gasteiger partial charge in [-0.3, -0.25) is 24.1 Å². The largest absolute Gasteiger partial charge is 0.477 e. The smallest absolute Gasteiger partial charge is 0.354 e. The number of carboxylic acid groups (broad SMARTS) is 1. The van der Waals surface area contributed by atoms with Crippen molar-refractivity contribution in [3.05, 3.63) is 29.6 Å². The molecule has 0 bridgehead atoms. The molecule has 2 aliphatic rings. The van der Waals surface area contributed by atoms with Gasteiger partial charge in [0.05, 0.1) is 0 Å². The Morgan fingerprint density at radius 3 is 2.07 bits per heavy atom. The molecule has 2 saturated heterocycles. The predicted molar refractivity (Wildman–Crippen MR) is 89.6 cm³/mol. The number of likely N-dealkylation sites (tertiary alicyclic amines) is 1. The molecule has 0 aromatic carbocycles. The first-order chi connectivity index (χ1) is 12.9. The summed E-state index contributed by atoms with van der Waals surface area (Å²) in [5.41, 5.74) is -0.183. The zero-order chi connectivity index (χ0) is 19.6. The van der Waals surface area contributed by atoms with E-state index in [-0.39, 0.29) is 74.7 Å². The second kappa shape index (κ2) is 7.52. The van der Waals surface area contributed by atoms with Crippen molar-refractivity contribution >= 4 is 29.6 Å². The number of amides is 4. The Balaban J connectivity index is 1.57. The van der Waals surface area contributed by atoms with Gasteiger partial charge in [-0.1, -0.05) is 6.07 Å². The molecule has 2 aliphatic heterocycles. The molecule has 1 aromatic rings. The number of piperazine rings is 1. The fraction of sp³-hybridized carbons (Fsp3) is 0.412. The quantitative estimate of drug-likeness (QED) is 0.684. The number of rotatable bonds is 4. The van der Waals surface area contributed by atoms with Crippen molar-refractivity contribution in [3.63, 3.8) is 0 Å². The fourth-order valence-corrected chi connectivity index (χ4v) is 3.03. The first-order valence-electron chi connectivity index (χ1n) is 8.47. The minimum absolute atomic E-state index is 0.0305. The first kappa shape index (κ1) is 18.5. The van der Waals surface area contributed by atoms with E-state index in [1.807, 2.05) is 0 Å². The number of pyridine rings is 1. The Kier molecular flexibility index (Phi) is 5.15. The highest BCUT2D eigenvalue weighted by Gasteiger charge is 2.33. The SMILES string of the molecule is O=C(O)c1cccc(C(=O)N2CCN(C(=O)CN3C(=O)CCC3=O)CC2)n1. The van der Waals surface area contributed by atoms with Crippen LogP contribution in [0.3, 0.4) is 0 Å². The van der Waals surface area contributed by atoms with Crippen molar-refractivity contribution < 1.29 is 29.1 Å². The molecule has 3 rings (SSSR count). The molecule has 1 N–H and O–H groups in total. The Morgan fingerprint density at radius 2 is 1.48 bits per heavy atom. The summed E-state index contributed by atoms with van der Waals surface area (Å²) in [7, 11) is 0. The van der Waals surface area contributed by atoms with E-state index in [0.29, 0.717) is 0 Å². The van der Waals surface area contributed by atoms with Gasteiger partial charge in [0.25, 0.3) is 5.91 Å². The molecule has 10 nitrogen and oxygen atoms in total. The van der Waals surface area contributed by atoms with Gasteiger partial charge in [0.2, 0.25) is 17.7 Å². The van der Waals surface area contributed by atoms with Gasteiger partial charge in [-0.25, -0.2) is 9.78 Å². The Labute approximate surface area is 154 Å². The summed E-state index contributed by atoms with van der Waals surface area (Å²) >= 11 is 0. The number of aromatic nitrogens is 1. The van der Waals surface area contributed by atoms with Crippen molar-refractivity contribution in [2.24, 2.45) is 0 Å². The summed E-state index contributed by atoms with van der Waals surface area (Å²) < 4.78 is 0. The minimum atomic E-state index is -1.22. The van der Waals surface area contributed by atoms with E-state index in [1.54, 1.807) is 0 Å². The van der Waals surface area contributed by atoms with Crippen LogP contribution in [-0.4, -0.2) is 87.1 Å². The van der Waals surface area contributed by atoms with Gasteiger partial charge in [-0.05, 0) is 12.1 Å². The van der Waals surface area contributed by atoms with Crippen LogP contribution in [0.15, 0.2) is 18.2 Å². The molecule has 0 radical (unpaired) electrons. The third-order valence-corrected chi connectivity index (χ3v) is 4.56. The molecule has 27 heavy (non-hydrogen) atoms. The Morgan fingerprint density at radius 1 is 0.926 bits per heavy atom. The lowest BCUT2D eigenvalue weighted by atomic mass is 10.2. The van der Waals surface area contributed by atoms with E-state index < -0.39 is 11.9 Å². The van der Waals surface area contributed by atoms with Crippen LogP contribution in [0.2, 0.25) is 0 Å². The van der Waals surface area contributed by atoms with Crippen molar-refractivity contribution in [1.29, 1.82) is 0 Å². The number of carbonyl (C=O) groups excluding carboxylic acids is 4. The van der Waals surface area contributed by atoms with E-state index in [9.17, 15) is 24.0 Å². The maximum absolute atomic E-state index is 12.5. The molecule has 142 valence electrons. The number of imide groups is 1. The molecule has 0 unspecified atom stereocenters. The van der Waals surface area contributed by atoms with Crippen LogP contribution in [0.5, 0.6) is 0 Å². The maximum atomic E-state index is 12.5. The van der Waals surface area contributed by atoms with E-state index >= 15 is 0 Å². The molecule has 0 saturated carbocycles. The summed E-state index contributed by atoms with van der Waals surface area (Å²) in [5.74, 6) is -2.64. The average Bonchev–Trinajstić information content (AvgIpc) is 2.99. The van der Waals surface area contributed by atoms with Gasteiger partial charge < -0.3 is 14.9 Å². The van der Waals surface area contributed by atoms with Gasteiger partial charge in [0.15, 0.2) is 0 Å². The Bertz CT molecular complexity index is 799. The summed E-state index contributed by atoms with van der Waals surface area (Å²) in [5, 5.41) is 8.97. The van der Waals surface area contributed by atoms with Gasteiger partial charge in [-0.2, -0.15) is 0 Å². The summed E-state index contributed by atoms with van der Waals surface area (Å²) in [6.45, 7) is 0.767. The van der Waals surface area contributed by atoms with Gasteiger partial charge in [0, 0.05) is 39.0 Å². The number of hydrogen-bond acceptors (Lipinski definition) is 6. The number of nitrogens with zero attached hydrogens (tertiary/aromatic N) is 4. The highest BCUT2D eigenvalue weighted by atomic mass is 16.4. The van der Waals surface area contributed by atoms with Crippen LogP contribution in [0.1, 0.15) is 33.8 Å².